The van der Waals surface area contributed by atoms with Gasteiger partial charge in [-0.1, -0.05) is 6.92 Å². The summed E-state index contributed by atoms with van der Waals surface area (Å²) in [6.07, 6.45) is 3.50. The molecule has 2 atom stereocenters. The fraction of sp³-hybridized carbons (Fsp3) is 0.889. The molecule has 0 bridgehead atoms. The second-order valence-corrected chi connectivity index (χ2v) is 3.24. The van der Waals surface area contributed by atoms with Crippen LogP contribution in [0.2, 0.25) is 0 Å². The number of rotatable bonds is 3. The molecule has 1 aliphatic heterocycles. The van der Waals surface area contributed by atoms with Crippen LogP contribution in [0.1, 0.15) is 32.6 Å². The molecule has 0 N–H and O–H groups in total. The van der Waals surface area contributed by atoms with Gasteiger partial charge in [-0.3, -0.25) is 0 Å². The molecule has 1 aliphatic rings. The Morgan fingerprint density at radius 2 is 2.42 bits per heavy atom. The van der Waals surface area contributed by atoms with Gasteiger partial charge < -0.3 is 14.6 Å². The quantitative estimate of drug-likeness (QED) is 0.615. The minimum Gasteiger partial charge on any atom is -0.550 e. The van der Waals surface area contributed by atoms with E-state index in [1.54, 1.807) is 0 Å². The average Bonchev–Trinajstić information content (AvgIpc) is 2.07. The number of aliphatic carboxylic acids is 1. The van der Waals surface area contributed by atoms with Gasteiger partial charge in [0, 0.05) is 18.5 Å². The minimum absolute atomic E-state index is 0.103. The van der Waals surface area contributed by atoms with Crippen molar-refractivity contribution >= 4 is 5.97 Å². The molecule has 0 aromatic rings. The fourth-order valence-corrected chi connectivity index (χ4v) is 1.66. The number of carbonyl (C=O) groups is 1. The van der Waals surface area contributed by atoms with Crippen molar-refractivity contribution in [2.75, 3.05) is 6.61 Å². The van der Waals surface area contributed by atoms with Gasteiger partial charge in [0.05, 0.1) is 6.10 Å². The maximum Gasteiger partial charge on any atom is 0.0655 e. The van der Waals surface area contributed by atoms with Crippen LogP contribution in [-0.2, 0) is 9.53 Å². The third-order valence-electron chi connectivity index (χ3n) is 2.41. The van der Waals surface area contributed by atoms with Gasteiger partial charge in [-0.05, 0) is 25.7 Å². The summed E-state index contributed by atoms with van der Waals surface area (Å²) in [7, 11) is 0. The predicted molar refractivity (Wildman–Crippen MR) is 42.4 cm³/mol. The van der Waals surface area contributed by atoms with Crippen LogP contribution in [0.25, 0.3) is 0 Å². The van der Waals surface area contributed by atoms with E-state index >= 15 is 0 Å². The Morgan fingerprint density at radius 3 is 2.83 bits per heavy atom. The molecule has 1 fully saturated rings. The van der Waals surface area contributed by atoms with Crippen molar-refractivity contribution in [2.45, 2.75) is 38.7 Å². The summed E-state index contributed by atoms with van der Waals surface area (Å²) >= 11 is 0. The summed E-state index contributed by atoms with van der Waals surface area (Å²) < 4.78 is 5.37. The van der Waals surface area contributed by atoms with Crippen LogP contribution in [0.5, 0.6) is 0 Å². The number of ether oxygens (including phenoxy) is 1. The second kappa shape index (κ2) is 4.45. The molecule has 12 heavy (non-hydrogen) atoms. The molecule has 1 heterocycles. The van der Waals surface area contributed by atoms with Gasteiger partial charge in [0.2, 0.25) is 0 Å². The van der Waals surface area contributed by atoms with Crippen LogP contribution in [0, 0.1) is 5.92 Å². The molecule has 3 nitrogen and oxygen atoms in total. The lowest BCUT2D eigenvalue weighted by Crippen LogP contribution is -2.40. The standard InChI is InChI=1S/C9H16O3/c1-2-7(9(10)11)8-5-3-4-6-12-8/h7-8H,2-6H2,1H3,(H,10,11)/p-1. The monoisotopic (exact) mass is 171 g/mol. The number of hydrogen-bond donors (Lipinski definition) is 0. The first kappa shape index (κ1) is 9.52. The number of hydrogen-bond acceptors (Lipinski definition) is 3. The first-order valence-electron chi connectivity index (χ1n) is 4.58. The topological polar surface area (TPSA) is 49.4 Å². The highest BCUT2D eigenvalue weighted by atomic mass is 16.5. The Labute approximate surface area is 72.7 Å². The molecule has 0 spiro atoms. The van der Waals surface area contributed by atoms with Crippen LogP contribution in [0.4, 0.5) is 0 Å². The fourth-order valence-electron chi connectivity index (χ4n) is 1.66. The zero-order valence-electron chi connectivity index (χ0n) is 7.41. The lowest BCUT2D eigenvalue weighted by atomic mass is 9.94. The molecule has 70 valence electrons. The Hall–Kier alpha value is -0.570. The lowest BCUT2D eigenvalue weighted by molar-refractivity contribution is -0.315. The van der Waals surface area contributed by atoms with Crippen LogP contribution >= 0.6 is 0 Å². The zero-order chi connectivity index (χ0) is 8.97. The molecule has 0 saturated carbocycles. The maximum absolute atomic E-state index is 10.6. The second-order valence-electron chi connectivity index (χ2n) is 3.24. The van der Waals surface area contributed by atoms with Crippen molar-refractivity contribution in [3.05, 3.63) is 0 Å². The molecular formula is C9H15O3-. The molecule has 0 aromatic carbocycles. The summed E-state index contributed by atoms with van der Waals surface area (Å²) in [4.78, 5) is 10.6. The summed E-state index contributed by atoms with van der Waals surface area (Å²) in [5.41, 5.74) is 0. The Morgan fingerprint density at radius 1 is 1.67 bits per heavy atom. The van der Waals surface area contributed by atoms with Gasteiger partial charge in [-0.25, -0.2) is 0 Å². The Balaban J connectivity index is 2.46. The largest absolute Gasteiger partial charge is 0.550 e. The van der Waals surface area contributed by atoms with Crippen molar-refractivity contribution < 1.29 is 14.6 Å². The molecule has 2 unspecified atom stereocenters. The molecule has 0 aliphatic carbocycles. The van der Waals surface area contributed by atoms with E-state index in [0.29, 0.717) is 13.0 Å². The molecule has 1 rings (SSSR count). The average molecular weight is 171 g/mol. The van der Waals surface area contributed by atoms with Crippen LogP contribution < -0.4 is 5.11 Å². The first-order valence-corrected chi connectivity index (χ1v) is 4.58. The smallest absolute Gasteiger partial charge is 0.0655 e. The number of carboxylic acid groups (broad SMARTS) is 1. The van der Waals surface area contributed by atoms with E-state index in [2.05, 4.69) is 0 Å². The van der Waals surface area contributed by atoms with E-state index in [4.69, 9.17) is 4.74 Å². The molecule has 1 saturated heterocycles. The highest BCUT2D eigenvalue weighted by Crippen LogP contribution is 2.21. The molecule has 0 amide bonds. The van der Waals surface area contributed by atoms with Crippen molar-refractivity contribution in [3.8, 4) is 0 Å². The van der Waals surface area contributed by atoms with E-state index in [1.807, 2.05) is 6.92 Å². The van der Waals surface area contributed by atoms with Crippen molar-refractivity contribution in [3.63, 3.8) is 0 Å². The first-order chi connectivity index (χ1) is 5.75. The zero-order valence-corrected chi connectivity index (χ0v) is 7.41. The van der Waals surface area contributed by atoms with Gasteiger partial charge in [0.1, 0.15) is 0 Å². The van der Waals surface area contributed by atoms with E-state index in [-0.39, 0.29) is 6.10 Å². The highest BCUT2D eigenvalue weighted by Gasteiger charge is 2.23. The summed E-state index contributed by atoms with van der Waals surface area (Å²) in [5, 5.41) is 10.6. The van der Waals surface area contributed by atoms with Crippen LogP contribution in [0.3, 0.4) is 0 Å². The normalized spacial score (nSPS) is 26.6. The van der Waals surface area contributed by atoms with Crippen molar-refractivity contribution in [2.24, 2.45) is 5.92 Å². The Bertz CT molecular complexity index is 150. The van der Waals surface area contributed by atoms with Gasteiger partial charge >= 0.3 is 0 Å². The van der Waals surface area contributed by atoms with E-state index in [1.165, 1.54) is 0 Å². The predicted octanol–water partition coefficient (Wildman–Crippen LogP) is 0.332. The van der Waals surface area contributed by atoms with Crippen molar-refractivity contribution in [1.82, 2.24) is 0 Å². The third-order valence-corrected chi connectivity index (χ3v) is 2.41. The third kappa shape index (κ3) is 2.21. The van der Waals surface area contributed by atoms with E-state index < -0.39 is 11.9 Å². The van der Waals surface area contributed by atoms with Gasteiger partial charge in [-0.2, -0.15) is 0 Å². The van der Waals surface area contributed by atoms with Crippen molar-refractivity contribution in [1.29, 1.82) is 0 Å². The summed E-state index contributed by atoms with van der Waals surface area (Å²) in [5.74, 6) is -1.38. The van der Waals surface area contributed by atoms with Gasteiger partial charge in [0.25, 0.3) is 0 Å². The van der Waals surface area contributed by atoms with Crippen LogP contribution in [-0.4, -0.2) is 18.7 Å². The van der Waals surface area contributed by atoms with Gasteiger partial charge in [-0.15, -0.1) is 0 Å². The van der Waals surface area contributed by atoms with E-state index in [0.717, 1.165) is 19.3 Å². The van der Waals surface area contributed by atoms with Gasteiger partial charge in [0.15, 0.2) is 0 Å². The SMILES string of the molecule is CCC(C(=O)[O-])C1CCCCO1. The number of carboxylic acids is 1. The summed E-state index contributed by atoms with van der Waals surface area (Å²) in [6, 6.07) is 0. The molecule has 3 heteroatoms. The van der Waals surface area contributed by atoms with E-state index in [9.17, 15) is 9.90 Å². The molecule has 0 aromatic heterocycles. The maximum atomic E-state index is 10.6. The van der Waals surface area contributed by atoms with Crippen LogP contribution in [0.15, 0.2) is 0 Å². The highest BCUT2D eigenvalue weighted by molar-refractivity contribution is 5.68. The minimum atomic E-state index is -0.968. The molecular weight excluding hydrogens is 156 g/mol. The Kier molecular flexibility index (Phi) is 3.53. The number of carbonyl (C=O) groups excluding carboxylic acids is 1. The lowest BCUT2D eigenvalue weighted by Gasteiger charge is -2.30. The molecule has 0 radical (unpaired) electrons. The summed E-state index contributed by atoms with van der Waals surface area (Å²) in [6.45, 7) is 2.56.